The van der Waals surface area contributed by atoms with Crippen LogP contribution in [0.2, 0.25) is 0 Å². The van der Waals surface area contributed by atoms with Crippen LogP contribution in [0.1, 0.15) is 12.8 Å². The molecule has 1 saturated heterocycles. The van der Waals surface area contributed by atoms with Crippen molar-refractivity contribution in [3.63, 3.8) is 0 Å². The third kappa shape index (κ3) is 2.62. The van der Waals surface area contributed by atoms with Crippen molar-refractivity contribution in [2.75, 3.05) is 20.2 Å². The summed E-state index contributed by atoms with van der Waals surface area (Å²) in [6, 6.07) is 7.54. The molecule has 1 unspecified atom stereocenters. The van der Waals surface area contributed by atoms with Gasteiger partial charge in [0.2, 0.25) is 0 Å². The van der Waals surface area contributed by atoms with Gasteiger partial charge in [0.15, 0.2) is 0 Å². The largest absolute Gasteiger partial charge is 0.497 e. The zero-order chi connectivity index (χ0) is 11.4. The van der Waals surface area contributed by atoms with E-state index in [9.17, 15) is 4.21 Å². The lowest BCUT2D eigenvalue weighted by Crippen LogP contribution is -2.33. The van der Waals surface area contributed by atoms with Crippen LogP contribution in [0.4, 0.5) is 0 Å². The highest BCUT2D eigenvalue weighted by Gasteiger charge is 2.20. The van der Waals surface area contributed by atoms with Gasteiger partial charge in [0.05, 0.1) is 17.9 Å². The van der Waals surface area contributed by atoms with Crippen LogP contribution in [0, 0.1) is 0 Å². The van der Waals surface area contributed by atoms with Gasteiger partial charge in [-0.3, -0.25) is 4.21 Å². The summed E-state index contributed by atoms with van der Waals surface area (Å²) in [4.78, 5) is 0.910. The van der Waals surface area contributed by atoms with Crippen molar-refractivity contribution in [2.24, 2.45) is 0 Å². The third-order valence-corrected chi connectivity index (χ3v) is 4.69. The molecule has 0 amide bonds. The van der Waals surface area contributed by atoms with E-state index in [1.807, 2.05) is 24.3 Å². The summed E-state index contributed by atoms with van der Waals surface area (Å²) in [7, 11) is 0.762. The van der Waals surface area contributed by atoms with Gasteiger partial charge >= 0.3 is 0 Å². The van der Waals surface area contributed by atoms with Gasteiger partial charge in [0.1, 0.15) is 5.75 Å². The first-order chi connectivity index (χ1) is 7.81. The van der Waals surface area contributed by atoms with Crippen LogP contribution < -0.4 is 10.1 Å². The number of piperidine rings is 1. The van der Waals surface area contributed by atoms with Crippen LogP contribution in [-0.2, 0) is 10.8 Å². The minimum Gasteiger partial charge on any atom is -0.497 e. The molecule has 1 atom stereocenters. The summed E-state index contributed by atoms with van der Waals surface area (Å²) in [5.41, 5.74) is 0. The fourth-order valence-electron chi connectivity index (χ4n) is 1.91. The second-order valence-corrected chi connectivity index (χ2v) is 5.66. The average molecular weight is 239 g/mol. The van der Waals surface area contributed by atoms with E-state index in [4.69, 9.17) is 4.74 Å². The lowest BCUT2D eigenvalue weighted by Gasteiger charge is -2.21. The van der Waals surface area contributed by atoms with Crippen LogP contribution in [0.15, 0.2) is 29.2 Å². The maximum atomic E-state index is 12.2. The molecule has 0 radical (unpaired) electrons. The summed E-state index contributed by atoms with van der Waals surface area (Å²) in [5, 5.41) is 3.59. The lowest BCUT2D eigenvalue weighted by molar-refractivity contribution is 0.414. The summed E-state index contributed by atoms with van der Waals surface area (Å²) in [5.74, 6) is 0.811. The van der Waals surface area contributed by atoms with E-state index in [1.54, 1.807) is 7.11 Å². The lowest BCUT2D eigenvalue weighted by atomic mass is 10.2. The second kappa shape index (κ2) is 5.46. The van der Waals surface area contributed by atoms with Crippen LogP contribution in [0.25, 0.3) is 0 Å². The molecule has 0 aliphatic carbocycles. The van der Waals surface area contributed by atoms with E-state index in [0.29, 0.717) is 5.25 Å². The number of benzene rings is 1. The molecule has 3 nitrogen and oxygen atoms in total. The molecule has 1 aromatic carbocycles. The van der Waals surface area contributed by atoms with E-state index >= 15 is 0 Å². The van der Waals surface area contributed by atoms with Gasteiger partial charge in [0.25, 0.3) is 0 Å². The minimum atomic E-state index is -0.876. The van der Waals surface area contributed by atoms with Gasteiger partial charge in [-0.15, -0.1) is 0 Å². The number of ether oxygens (including phenoxy) is 1. The second-order valence-electron chi connectivity index (χ2n) is 3.92. The predicted octanol–water partition coefficient (Wildman–Crippen LogP) is 1.55. The molecule has 88 valence electrons. The van der Waals surface area contributed by atoms with E-state index < -0.39 is 10.8 Å². The molecule has 0 spiro atoms. The van der Waals surface area contributed by atoms with Crippen molar-refractivity contribution in [2.45, 2.75) is 23.0 Å². The minimum absolute atomic E-state index is 0.301. The van der Waals surface area contributed by atoms with Crippen molar-refractivity contribution in [3.8, 4) is 5.75 Å². The van der Waals surface area contributed by atoms with Crippen LogP contribution >= 0.6 is 0 Å². The zero-order valence-electron chi connectivity index (χ0n) is 9.44. The molecular formula is C12H17NO2S. The fourth-order valence-corrected chi connectivity index (χ4v) is 3.36. The quantitative estimate of drug-likeness (QED) is 0.870. The molecule has 0 saturated carbocycles. The van der Waals surface area contributed by atoms with Crippen molar-refractivity contribution < 1.29 is 8.95 Å². The summed E-state index contributed by atoms with van der Waals surface area (Å²) < 4.78 is 17.3. The van der Waals surface area contributed by atoms with Crippen molar-refractivity contribution in [1.29, 1.82) is 0 Å². The first-order valence-corrected chi connectivity index (χ1v) is 6.78. The zero-order valence-corrected chi connectivity index (χ0v) is 10.3. The van der Waals surface area contributed by atoms with Crippen LogP contribution in [-0.4, -0.2) is 29.7 Å². The molecule has 1 heterocycles. The van der Waals surface area contributed by atoms with Gasteiger partial charge < -0.3 is 10.1 Å². The van der Waals surface area contributed by atoms with E-state index in [0.717, 1.165) is 36.6 Å². The summed E-state index contributed by atoms with van der Waals surface area (Å²) in [6.45, 7) is 1.96. The predicted molar refractivity (Wildman–Crippen MR) is 65.3 cm³/mol. The summed E-state index contributed by atoms with van der Waals surface area (Å²) in [6.07, 6.45) is 2.00. The Morgan fingerprint density at radius 2 is 1.88 bits per heavy atom. The van der Waals surface area contributed by atoms with Crippen LogP contribution in [0.3, 0.4) is 0 Å². The molecule has 4 heteroatoms. The van der Waals surface area contributed by atoms with Gasteiger partial charge in [-0.25, -0.2) is 0 Å². The maximum Gasteiger partial charge on any atom is 0.118 e. The molecule has 1 aliphatic heterocycles. The smallest absolute Gasteiger partial charge is 0.118 e. The molecule has 16 heavy (non-hydrogen) atoms. The SMILES string of the molecule is COc1ccc(S(=O)C2CCNCC2)cc1. The number of methoxy groups -OCH3 is 1. The summed E-state index contributed by atoms with van der Waals surface area (Å²) >= 11 is 0. The molecule has 1 aromatic rings. The highest BCUT2D eigenvalue weighted by Crippen LogP contribution is 2.20. The number of hydrogen-bond donors (Lipinski definition) is 1. The molecular weight excluding hydrogens is 222 g/mol. The highest BCUT2D eigenvalue weighted by atomic mass is 32.2. The maximum absolute atomic E-state index is 12.2. The monoisotopic (exact) mass is 239 g/mol. The standard InChI is InChI=1S/C12H17NO2S/c1-15-10-2-4-11(5-3-10)16(14)12-6-8-13-9-7-12/h2-5,12-13H,6-9H2,1H3. The molecule has 0 bridgehead atoms. The highest BCUT2D eigenvalue weighted by molar-refractivity contribution is 7.85. The number of hydrogen-bond acceptors (Lipinski definition) is 3. The van der Waals surface area contributed by atoms with E-state index in [1.165, 1.54) is 0 Å². The molecule has 0 aromatic heterocycles. The Morgan fingerprint density at radius 3 is 2.44 bits per heavy atom. The van der Waals surface area contributed by atoms with Gasteiger partial charge in [-0.05, 0) is 50.2 Å². The van der Waals surface area contributed by atoms with Gasteiger partial charge in [-0.1, -0.05) is 0 Å². The Hall–Kier alpha value is -0.870. The topological polar surface area (TPSA) is 38.3 Å². The Morgan fingerprint density at radius 1 is 1.25 bits per heavy atom. The number of nitrogens with one attached hydrogen (secondary N) is 1. The van der Waals surface area contributed by atoms with Crippen LogP contribution in [0.5, 0.6) is 5.75 Å². The van der Waals surface area contributed by atoms with E-state index in [2.05, 4.69) is 5.32 Å². The Balaban J connectivity index is 2.07. The number of rotatable bonds is 3. The van der Waals surface area contributed by atoms with Crippen molar-refractivity contribution in [1.82, 2.24) is 5.32 Å². The molecule has 2 rings (SSSR count). The normalized spacial score (nSPS) is 19.3. The van der Waals surface area contributed by atoms with E-state index in [-0.39, 0.29) is 0 Å². The Labute approximate surface area is 98.7 Å². The van der Waals surface area contributed by atoms with Crippen molar-refractivity contribution in [3.05, 3.63) is 24.3 Å². The molecule has 1 aliphatic rings. The average Bonchev–Trinajstić information content (AvgIpc) is 2.39. The van der Waals surface area contributed by atoms with Crippen molar-refractivity contribution >= 4 is 10.8 Å². The Kier molecular flexibility index (Phi) is 3.96. The molecule has 1 fully saturated rings. The third-order valence-electron chi connectivity index (χ3n) is 2.88. The van der Waals surface area contributed by atoms with Gasteiger partial charge in [0, 0.05) is 10.1 Å². The Bertz CT molecular complexity index is 358. The first-order valence-electron chi connectivity index (χ1n) is 5.56. The molecule has 1 N–H and O–H groups in total. The first kappa shape index (κ1) is 11.6. The van der Waals surface area contributed by atoms with Gasteiger partial charge in [-0.2, -0.15) is 0 Å². The fraction of sp³-hybridized carbons (Fsp3) is 0.500.